The Balaban J connectivity index is 1.58. The van der Waals surface area contributed by atoms with E-state index < -0.39 is 0 Å². The molecular weight excluding hydrogens is 448 g/mol. The van der Waals surface area contributed by atoms with Crippen LogP contribution < -0.4 is 10.1 Å². The maximum Gasteiger partial charge on any atom is 0.252 e. The van der Waals surface area contributed by atoms with Gasteiger partial charge in [0.05, 0.1) is 29.4 Å². The Kier molecular flexibility index (Phi) is 6.50. The molecule has 0 spiro atoms. The molecule has 6 heteroatoms. The lowest BCUT2D eigenvalue weighted by molar-refractivity contribution is 0.0952. The highest BCUT2D eigenvalue weighted by Gasteiger charge is 2.20. The second-order valence-corrected chi connectivity index (χ2v) is 8.80. The van der Waals surface area contributed by atoms with Crippen molar-refractivity contribution in [3.8, 4) is 28.3 Å². The Morgan fingerprint density at radius 1 is 0.917 bits per heavy atom. The third-order valence-electron chi connectivity index (χ3n) is 6.38. The van der Waals surface area contributed by atoms with Crippen LogP contribution >= 0.6 is 0 Å². The van der Waals surface area contributed by atoms with Crippen molar-refractivity contribution in [1.29, 1.82) is 0 Å². The molecule has 2 N–H and O–H groups in total. The van der Waals surface area contributed by atoms with E-state index in [0.29, 0.717) is 28.8 Å². The first-order valence-corrected chi connectivity index (χ1v) is 12.0. The van der Waals surface area contributed by atoms with E-state index in [1.807, 2.05) is 61.5 Å². The van der Waals surface area contributed by atoms with E-state index in [-0.39, 0.29) is 5.91 Å². The van der Waals surface area contributed by atoms with Crippen molar-refractivity contribution in [2.75, 3.05) is 7.11 Å². The Morgan fingerprint density at radius 3 is 2.25 bits per heavy atom. The van der Waals surface area contributed by atoms with E-state index >= 15 is 0 Å². The number of nitrogens with one attached hydrogen (secondary N) is 2. The summed E-state index contributed by atoms with van der Waals surface area (Å²) in [6, 6.07) is 25.9. The zero-order valence-electron chi connectivity index (χ0n) is 20.6. The fourth-order valence-corrected chi connectivity index (χ4v) is 4.21. The van der Waals surface area contributed by atoms with E-state index in [9.17, 15) is 4.79 Å². The Hall–Kier alpha value is -4.45. The lowest BCUT2D eigenvalue weighted by Crippen LogP contribution is -2.23. The van der Waals surface area contributed by atoms with Crippen molar-refractivity contribution in [2.24, 2.45) is 0 Å². The van der Waals surface area contributed by atoms with E-state index in [1.165, 1.54) is 11.1 Å². The van der Waals surface area contributed by atoms with Crippen LogP contribution in [-0.4, -0.2) is 28.2 Å². The number of rotatable bonds is 7. The SMILES string of the molecule is CCc1ccc(-c2[nH]nc3nc(-c4ccc(OC)cc4)cc(C(=O)NCc4ccc(C)cc4)c23)cc1. The van der Waals surface area contributed by atoms with E-state index in [2.05, 4.69) is 46.7 Å². The highest BCUT2D eigenvalue weighted by Crippen LogP contribution is 2.32. The van der Waals surface area contributed by atoms with Crippen LogP contribution in [0.15, 0.2) is 78.9 Å². The topological polar surface area (TPSA) is 79.9 Å². The summed E-state index contributed by atoms with van der Waals surface area (Å²) in [6.07, 6.45) is 0.962. The molecule has 6 nitrogen and oxygen atoms in total. The van der Waals surface area contributed by atoms with Crippen molar-refractivity contribution >= 4 is 16.9 Å². The summed E-state index contributed by atoms with van der Waals surface area (Å²) in [5.41, 5.74) is 7.79. The van der Waals surface area contributed by atoms with Crippen LogP contribution in [0.1, 0.15) is 34.0 Å². The lowest BCUT2D eigenvalue weighted by atomic mass is 10.0. The van der Waals surface area contributed by atoms with Crippen molar-refractivity contribution in [2.45, 2.75) is 26.8 Å². The van der Waals surface area contributed by atoms with Gasteiger partial charge in [-0.05, 0) is 54.8 Å². The van der Waals surface area contributed by atoms with Crippen molar-refractivity contribution in [3.63, 3.8) is 0 Å². The van der Waals surface area contributed by atoms with Crippen LogP contribution in [-0.2, 0) is 13.0 Å². The largest absolute Gasteiger partial charge is 0.497 e. The third kappa shape index (κ3) is 4.70. The zero-order valence-corrected chi connectivity index (χ0v) is 20.6. The molecule has 1 amide bonds. The number of hydrogen-bond acceptors (Lipinski definition) is 4. The minimum Gasteiger partial charge on any atom is -0.497 e. The van der Waals surface area contributed by atoms with Gasteiger partial charge in [-0.3, -0.25) is 9.89 Å². The van der Waals surface area contributed by atoms with Gasteiger partial charge in [0.1, 0.15) is 5.75 Å². The summed E-state index contributed by atoms with van der Waals surface area (Å²) in [4.78, 5) is 18.4. The molecule has 0 atom stereocenters. The van der Waals surface area contributed by atoms with Gasteiger partial charge in [0, 0.05) is 17.7 Å². The number of benzene rings is 3. The predicted octanol–water partition coefficient (Wildman–Crippen LogP) is 6.10. The van der Waals surface area contributed by atoms with Crippen molar-refractivity contribution in [3.05, 3.63) is 101 Å². The van der Waals surface area contributed by atoms with Crippen LogP contribution in [0.25, 0.3) is 33.5 Å². The van der Waals surface area contributed by atoms with Crippen LogP contribution in [0.2, 0.25) is 0 Å². The van der Waals surface area contributed by atoms with E-state index in [1.54, 1.807) is 7.11 Å². The van der Waals surface area contributed by atoms with Gasteiger partial charge in [-0.1, -0.05) is 61.0 Å². The second-order valence-electron chi connectivity index (χ2n) is 8.80. The molecule has 0 radical (unpaired) electrons. The molecule has 0 aliphatic heterocycles. The molecule has 2 aromatic heterocycles. The molecule has 3 aromatic carbocycles. The Morgan fingerprint density at radius 2 is 1.58 bits per heavy atom. The fraction of sp³-hybridized carbons (Fsp3) is 0.167. The van der Waals surface area contributed by atoms with E-state index in [4.69, 9.17) is 9.72 Å². The smallest absolute Gasteiger partial charge is 0.252 e. The first-order chi connectivity index (χ1) is 17.6. The molecule has 0 unspecified atom stereocenters. The molecule has 0 saturated carbocycles. The summed E-state index contributed by atoms with van der Waals surface area (Å²) in [6.45, 7) is 4.60. The molecule has 0 fully saturated rings. The number of methoxy groups -OCH3 is 1. The third-order valence-corrected chi connectivity index (χ3v) is 6.38. The van der Waals surface area contributed by atoms with Gasteiger partial charge >= 0.3 is 0 Å². The summed E-state index contributed by atoms with van der Waals surface area (Å²) in [5.74, 6) is 0.582. The van der Waals surface area contributed by atoms with Gasteiger partial charge in [-0.25, -0.2) is 4.98 Å². The normalized spacial score (nSPS) is 11.0. The fourth-order valence-electron chi connectivity index (χ4n) is 4.21. The number of aromatic amines is 1. The summed E-state index contributed by atoms with van der Waals surface area (Å²) < 4.78 is 5.29. The van der Waals surface area contributed by atoms with Crippen molar-refractivity contribution < 1.29 is 9.53 Å². The lowest BCUT2D eigenvalue weighted by Gasteiger charge is -2.11. The predicted molar refractivity (Wildman–Crippen MR) is 143 cm³/mol. The molecule has 0 saturated heterocycles. The van der Waals surface area contributed by atoms with Gasteiger partial charge < -0.3 is 10.1 Å². The van der Waals surface area contributed by atoms with Crippen LogP contribution in [0.5, 0.6) is 5.75 Å². The molecular formula is C30H28N4O2. The van der Waals surface area contributed by atoms with Gasteiger partial charge in [0.15, 0.2) is 5.65 Å². The standard InChI is InChI=1S/C30H28N4O2/c1-4-20-9-11-23(12-10-20)28-27-25(30(35)31-18-21-7-5-19(2)6-8-21)17-26(32-29(27)34-33-28)22-13-15-24(36-3)16-14-22/h5-17H,4,18H2,1-3H3,(H,31,35)(H,32,33,34). The average molecular weight is 477 g/mol. The maximum absolute atomic E-state index is 13.6. The van der Waals surface area contributed by atoms with Gasteiger partial charge in [-0.2, -0.15) is 5.10 Å². The molecule has 0 aliphatic rings. The number of fused-ring (bicyclic) bond motifs is 1. The number of ether oxygens (including phenoxy) is 1. The molecule has 180 valence electrons. The zero-order chi connectivity index (χ0) is 25.1. The molecule has 0 aliphatic carbocycles. The van der Waals surface area contributed by atoms with Gasteiger partial charge in [0.2, 0.25) is 0 Å². The molecule has 5 aromatic rings. The number of aryl methyl sites for hydroxylation is 2. The number of H-pyrrole nitrogens is 1. The summed E-state index contributed by atoms with van der Waals surface area (Å²) in [5, 5.41) is 11.4. The number of carbonyl (C=O) groups is 1. The number of aromatic nitrogens is 3. The minimum atomic E-state index is -0.175. The quantitative estimate of drug-likeness (QED) is 0.297. The van der Waals surface area contributed by atoms with Crippen LogP contribution in [0, 0.1) is 6.92 Å². The van der Waals surface area contributed by atoms with Crippen molar-refractivity contribution in [1.82, 2.24) is 20.5 Å². The first-order valence-electron chi connectivity index (χ1n) is 12.0. The minimum absolute atomic E-state index is 0.175. The first kappa shape index (κ1) is 23.3. The number of nitrogens with zero attached hydrogens (tertiary/aromatic N) is 2. The maximum atomic E-state index is 13.6. The van der Waals surface area contributed by atoms with Crippen LogP contribution in [0.3, 0.4) is 0 Å². The monoisotopic (exact) mass is 476 g/mol. The van der Waals surface area contributed by atoms with E-state index in [0.717, 1.165) is 34.6 Å². The molecule has 0 bridgehead atoms. The highest BCUT2D eigenvalue weighted by atomic mass is 16.5. The number of pyridine rings is 1. The number of hydrogen-bond donors (Lipinski definition) is 2. The number of carbonyl (C=O) groups excluding carboxylic acids is 1. The Bertz CT molecular complexity index is 1500. The second kappa shape index (κ2) is 10.0. The molecule has 2 heterocycles. The van der Waals surface area contributed by atoms with Crippen LogP contribution in [0.4, 0.5) is 0 Å². The average Bonchev–Trinajstić information content (AvgIpc) is 3.36. The Labute approximate surface area is 210 Å². The van der Waals surface area contributed by atoms with Gasteiger partial charge in [0.25, 0.3) is 5.91 Å². The highest BCUT2D eigenvalue weighted by molar-refractivity contribution is 6.11. The molecule has 5 rings (SSSR count). The number of amides is 1. The van der Waals surface area contributed by atoms with Gasteiger partial charge in [-0.15, -0.1) is 0 Å². The summed E-state index contributed by atoms with van der Waals surface area (Å²) >= 11 is 0. The summed E-state index contributed by atoms with van der Waals surface area (Å²) in [7, 11) is 1.63. The molecule has 36 heavy (non-hydrogen) atoms.